The summed E-state index contributed by atoms with van der Waals surface area (Å²) in [5.74, 6) is -79.7. The molecule has 1 aromatic rings. The van der Waals surface area contributed by atoms with E-state index in [1.165, 1.54) is 6.07 Å². The fourth-order valence-corrected chi connectivity index (χ4v) is 4.86. The van der Waals surface area contributed by atoms with Crippen molar-refractivity contribution in [1.29, 1.82) is 0 Å². The molecule has 55 heavy (non-hydrogen) atoms. The molecule has 0 spiro atoms. The van der Waals surface area contributed by atoms with E-state index in [2.05, 4.69) is 0 Å². The van der Waals surface area contributed by atoms with E-state index in [-0.39, 0.29) is 5.56 Å². The molecular weight excluding hydrogens is 850 g/mol. The van der Waals surface area contributed by atoms with Crippen molar-refractivity contribution in [3.63, 3.8) is 0 Å². The van der Waals surface area contributed by atoms with Crippen molar-refractivity contribution in [3.8, 4) is 0 Å². The van der Waals surface area contributed by atoms with Crippen molar-refractivity contribution in [2.75, 3.05) is 6.61 Å². The van der Waals surface area contributed by atoms with Crippen molar-refractivity contribution >= 4 is 0 Å². The molecule has 0 saturated carbocycles. The predicted molar refractivity (Wildman–Crippen MR) is 128 cm³/mol. The summed E-state index contributed by atoms with van der Waals surface area (Å²) in [6.45, 7) is -0.756. The average molecular weight is 870 g/mol. The maximum Gasteiger partial charge on any atom is 0.460 e. The molecule has 0 bridgehead atoms. The van der Waals surface area contributed by atoms with Crippen LogP contribution in [0.4, 0.5) is 114 Å². The molecule has 322 valence electrons. The molecule has 1 aliphatic heterocycles. The second kappa shape index (κ2) is 14.3. The Kier molecular flexibility index (Phi) is 12.6. The van der Waals surface area contributed by atoms with Gasteiger partial charge in [0.05, 0.1) is 12.2 Å². The van der Waals surface area contributed by atoms with E-state index in [0.29, 0.717) is 0 Å². The first-order valence-electron chi connectivity index (χ1n) is 14.3. The van der Waals surface area contributed by atoms with Crippen LogP contribution in [0.2, 0.25) is 0 Å². The van der Waals surface area contributed by atoms with Crippen molar-refractivity contribution < 1.29 is 124 Å². The molecule has 1 aromatic carbocycles. The minimum absolute atomic E-state index is 0.357. The first-order chi connectivity index (χ1) is 24.1. The molecule has 1 saturated heterocycles. The lowest BCUT2D eigenvalue weighted by molar-refractivity contribution is -0.441. The van der Waals surface area contributed by atoms with E-state index in [4.69, 9.17) is 9.47 Å². The topological polar surface area (TPSA) is 18.5 Å². The van der Waals surface area contributed by atoms with Crippen LogP contribution in [0, 0.1) is 0 Å². The summed E-state index contributed by atoms with van der Waals surface area (Å²) in [6.07, 6.45) is -31.2. The van der Waals surface area contributed by atoms with Gasteiger partial charge in [-0.05, 0) is 25.7 Å². The van der Waals surface area contributed by atoms with Gasteiger partial charge in [0.25, 0.3) is 0 Å². The van der Waals surface area contributed by atoms with Crippen LogP contribution in [0.3, 0.4) is 0 Å². The summed E-state index contributed by atoms with van der Waals surface area (Å²) in [4.78, 5) is 0. The molecule has 0 aromatic heterocycles. The fourth-order valence-electron chi connectivity index (χ4n) is 4.86. The zero-order chi connectivity index (χ0) is 43.6. The first kappa shape index (κ1) is 48.5. The summed E-state index contributed by atoms with van der Waals surface area (Å²) in [5.41, 5.74) is -3.79. The number of benzene rings is 1. The SMILES string of the molecule is FC(F)(F)C(F)(F)C(F)(F)C(F)(F)C(F)(F)C(F)(F)CCC1(CCC(F)(F)C(F)(F)C(F)(F)C(F)(F)C(F)(F)C(F)(F)F)CCCOC(c2ccccc2)O1. The predicted octanol–water partition coefficient (Wildman–Crippen LogP) is 12.3. The van der Waals surface area contributed by atoms with Crippen molar-refractivity contribution in [3.05, 3.63) is 35.9 Å². The Morgan fingerprint density at radius 1 is 0.455 bits per heavy atom. The van der Waals surface area contributed by atoms with Gasteiger partial charge in [0.1, 0.15) is 0 Å². The lowest BCUT2D eigenvalue weighted by atomic mass is 9.81. The molecule has 0 aliphatic carbocycles. The molecule has 1 fully saturated rings. The van der Waals surface area contributed by atoms with E-state index in [1.807, 2.05) is 0 Å². The van der Waals surface area contributed by atoms with Crippen LogP contribution in [0.1, 0.15) is 50.4 Å². The molecule has 28 heteroatoms. The molecule has 1 atom stereocenters. The van der Waals surface area contributed by atoms with E-state index in [9.17, 15) is 114 Å². The van der Waals surface area contributed by atoms with Gasteiger partial charge in [-0.3, -0.25) is 0 Å². The van der Waals surface area contributed by atoms with Crippen molar-refractivity contribution in [1.82, 2.24) is 0 Å². The second-order valence-corrected chi connectivity index (χ2v) is 12.0. The highest BCUT2D eigenvalue weighted by Gasteiger charge is 2.92. The maximum absolute atomic E-state index is 14.7. The van der Waals surface area contributed by atoms with E-state index < -0.39 is 129 Å². The fraction of sp³-hybridized carbons (Fsp3) is 0.778. The molecule has 0 radical (unpaired) electrons. The third-order valence-corrected chi connectivity index (χ3v) is 8.26. The highest BCUT2D eigenvalue weighted by molar-refractivity contribution is 5.17. The van der Waals surface area contributed by atoms with Crippen LogP contribution in [-0.4, -0.2) is 83.8 Å². The summed E-state index contributed by atoms with van der Waals surface area (Å²) in [7, 11) is 0. The molecule has 0 N–H and O–H groups in total. The Bertz CT molecular complexity index is 1370. The van der Waals surface area contributed by atoms with E-state index in [1.54, 1.807) is 0 Å². The summed E-state index contributed by atoms with van der Waals surface area (Å²) < 4.78 is 365. The van der Waals surface area contributed by atoms with Gasteiger partial charge in [0.2, 0.25) is 0 Å². The van der Waals surface area contributed by atoms with Gasteiger partial charge in [-0.2, -0.15) is 114 Å². The lowest BCUT2D eigenvalue weighted by Crippen LogP contribution is -2.70. The largest absolute Gasteiger partial charge is 0.460 e. The average Bonchev–Trinajstić information content (AvgIpc) is 3.25. The number of hydrogen-bond donors (Lipinski definition) is 0. The minimum Gasteiger partial charge on any atom is -0.348 e. The van der Waals surface area contributed by atoms with E-state index in [0.717, 1.165) is 24.3 Å². The van der Waals surface area contributed by atoms with Crippen LogP contribution < -0.4 is 0 Å². The summed E-state index contributed by atoms with van der Waals surface area (Å²) in [6, 6.07) is 5.32. The van der Waals surface area contributed by atoms with Gasteiger partial charge in [-0.1, -0.05) is 30.3 Å². The van der Waals surface area contributed by atoms with Crippen molar-refractivity contribution in [2.45, 2.75) is 122 Å². The Morgan fingerprint density at radius 2 is 0.782 bits per heavy atom. The van der Waals surface area contributed by atoms with Gasteiger partial charge in [0, 0.05) is 18.4 Å². The third kappa shape index (κ3) is 7.82. The Hall–Kier alpha value is -2.68. The van der Waals surface area contributed by atoms with Gasteiger partial charge in [-0.25, -0.2) is 0 Å². The standard InChI is InChI=1S/C27H20F26O2/c28-16(29,18(32,33)20(36,37)22(40,41)24(44,45)26(48,49)50)10-8-15(7-4-12-54-14(55-15)13-5-2-1-3-6-13)9-11-17(30,31)19(34,35)21(38,39)23(42,43)25(46,47)27(51,52)53/h1-3,5-6,14H,4,7-12H2. The Morgan fingerprint density at radius 3 is 1.11 bits per heavy atom. The molecule has 1 aliphatic rings. The zero-order valence-corrected chi connectivity index (χ0v) is 26.1. The quantitative estimate of drug-likeness (QED) is 0.164. The normalized spacial score (nSPS) is 19.7. The maximum atomic E-state index is 14.7. The van der Waals surface area contributed by atoms with Crippen LogP contribution >= 0.6 is 0 Å². The van der Waals surface area contributed by atoms with E-state index >= 15 is 0 Å². The highest BCUT2D eigenvalue weighted by atomic mass is 19.4. The minimum atomic E-state index is -8.39. The van der Waals surface area contributed by atoms with Crippen LogP contribution in [0.5, 0.6) is 0 Å². The Balaban J connectivity index is 2.65. The number of ether oxygens (including phenoxy) is 2. The van der Waals surface area contributed by atoms with Crippen molar-refractivity contribution in [2.24, 2.45) is 0 Å². The van der Waals surface area contributed by atoms with Gasteiger partial charge < -0.3 is 9.47 Å². The molecule has 1 unspecified atom stereocenters. The highest BCUT2D eigenvalue weighted by Crippen LogP contribution is 2.63. The lowest BCUT2D eigenvalue weighted by Gasteiger charge is -2.42. The number of rotatable bonds is 15. The van der Waals surface area contributed by atoms with Gasteiger partial charge in [-0.15, -0.1) is 0 Å². The Labute approximate surface area is 289 Å². The smallest absolute Gasteiger partial charge is 0.348 e. The summed E-state index contributed by atoms with van der Waals surface area (Å²) in [5, 5.41) is 0. The van der Waals surface area contributed by atoms with Crippen LogP contribution in [0.25, 0.3) is 0 Å². The number of halogens is 26. The zero-order valence-electron chi connectivity index (χ0n) is 26.1. The van der Waals surface area contributed by atoms with Crippen LogP contribution in [0.15, 0.2) is 30.3 Å². The van der Waals surface area contributed by atoms with Crippen LogP contribution in [-0.2, 0) is 9.47 Å². The molecule has 2 rings (SSSR count). The van der Waals surface area contributed by atoms with Gasteiger partial charge in [0.15, 0.2) is 6.29 Å². The number of alkyl halides is 26. The molecule has 2 nitrogen and oxygen atoms in total. The first-order valence-corrected chi connectivity index (χ1v) is 14.3. The van der Waals surface area contributed by atoms with Gasteiger partial charge >= 0.3 is 71.6 Å². The summed E-state index contributed by atoms with van der Waals surface area (Å²) >= 11 is 0. The third-order valence-electron chi connectivity index (χ3n) is 8.26. The molecule has 0 amide bonds. The monoisotopic (exact) mass is 870 g/mol. The molecular formula is C27H20F26O2. The second-order valence-electron chi connectivity index (χ2n) is 12.0. The number of hydrogen-bond acceptors (Lipinski definition) is 2. The molecule has 1 heterocycles.